The lowest BCUT2D eigenvalue weighted by molar-refractivity contribution is -0.148. The molecule has 0 aliphatic rings. The highest BCUT2D eigenvalue weighted by Gasteiger charge is 2.38. The number of aliphatic hydroxyl groups excluding tert-OH is 1. The normalized spacial score (nSPS) is 19.5. The zero-order valence-corrected chi connectivity index (χ0v) is 7.03. The Labute approximate surface area is 66.0 Å². The van der Waals surface area contributed by atoms with Gasteiger partial charge in [0.05, 0.1) is 6.10 Å². The minimum Gasteiger partial charge on any atom is -0.480 e. The first-order valence-corrected chi connectivity index (χ1v) is 3.50. The van der Waals surface area contributed by atoms with Crippen LogP contribution in [0.3, 0.4) is 0 Å². The molecule has 0 aromatic carbocycles. The van der Waals surface area contributed by atoms with E-state index in [9.17, 15) is 9.90 Å². The Hall–Kier alpha value is -0.610. The minimum atomic E-state index is -1.55. The van der Waals surface area contributed by atoms with Crippen LogP contribution in [0.25, 0.3) is 0 Å². The number of hydrogen-bond acceptors (Lipinski definition) is 3. The van der Waals surface area contributed by atoms with Gasteiger partial charge in [0.1, 0.15) is 5.54 Å². The van der Waals surface area contributed by atoms with E-state index in [1.165, 1.54) is 6.92 Å². The molecule has 0 radical (unpaired) electrons. The fraction of sp³-hybridized carbons (Fsp3) is 0.857. The summed E-state index contributed by atoms with van der Waals surface area (Å²) >= 11 is 0. The molecule has 0 amide bonds. The standard InChI is InChI=1S/C7H15NO3/c1-4(2)5(9)7(3,8)6(10)11/h4-5,9H,8H2,1-3H3,(H,10,11)/t5-,7+/m1/s1. The molecule has 11 heavy (non-hydrogen) atoms. The second-order valence-corrected chi connectivity index (χ2v) is 3.28. The minimum absolute atomic E-state index is 0.152. The molecule has 0 aromatic heterocycles. The van der Waals surface area contributed by atoms with Gasteiger partial charge in [-0.2, -0.15) is 0 Å². The van der Waals surface area contributed by atoms with E-state index in [0.717, 1.165) is 0 Å². The van der Waals surface area contributed by atoms with Crippen LogP contribution in [0.15, 0.2) is 0 Å². The molecular formula is C7H15NO3. The summed E-state index contributed by atoms with van der Waals surface area (Å²) in [7, 11) is 0. The van der Waals surface area contributed by atoms with Crippen LogP contribution in [0.4, 0.5) is 0 Å². The van der Waals surface area contributed by atoms with Crippen molar-refractivity contribution < 1.29 is 15.0 Å². The molecular weight excluding hydrogens is 146 g/mol. The Morgan fingerprint density at radius 2 is 1.91 bits per heavy atom. The summed E-state index contributed by atoms with van der Waals surface area (Å²) in [6, 6.07) is 0. The zero-order valence-electron chi connectivity index (χ0n) is 7.03. The first-order valence-electron chi connectivity index (χ1n) is 3.50. The van der Waals surface area contributed by atoms with Crippen molar-refractivity contribution in [1.29, 1.82) is 0 Å². The predicted molar refractivity (Wildman–Crippen MR) is 41.1 cm³/mol. The second kappa shape index (κ2) is 3.19. The van der Waals surface area contributed by atoms with E-state index >= 15 is 0 Å². The molecule has 0 fully saturated rings. The molecule has 0 heterocycles. The van der Waals surface area contributed by atoms with Gasteiger partial charge in [-0.15, -0.1) is 0 Å². The average molecular weight is 161 g/mol. The van der Waals surface area contributed by atoms with Crippen molar-refractivity contribution in [3.63, 3.8) is 0 Å². The van der Waals surface area contributed by atoms with Gasteiger partial charge >= 0.3 is 5.97 Å². The highest BCUT2D eigenvalue weighted by Crippen LogP contribution is 2.14. The fourth-order valence-corrected chi connectivity index (χ4v) is 0.819. The molecule has 4 nitrogen and oxygen atoms in total. The van der Waals surface area contributed by atoms with Gasteiger partial charge in [0.15, 0.2) is 0 Å². The average Bonchev–Trinajstić information content (AvgIpc) is 1.85. The summed E-state index contributed by atoms with van der Waals surface area (Å²) in [4.78, 5) is 10.5. The Morgan fingerprint density at radius 1 is 1.55 bits per heavy atom. The quantitative estimate of drug-likeness (QED) is 0.535. The Morgan fingerprint density at radius 3 is 2.00 bits per heavy atom. The molecule has 4 N–H and O–H groups in total. The van der Waals surface area contributed by atoms with Crippen LogP contribution in [0.2, 0.25) is 0 Å². The summed E-state index contributed by atoms with van der Waals surface area (Å²) in [5.41, 5.74) is 3.81. The third-order valence-electron chi connectivity index (χ3n) is 1.71. The maximum Gasteiger partial charge on any atom is 0.326 e. The van der Waals surface area contributed by atoms with Crippen LogP contribution < -0.4 is 5.73 Å². The van der Waals surface area contributed by atoms with E-state index in [-0.39, 0.29) is 5.92 Å². The molecule has 0 aliphatic carbocycles. The molecule has 0 rings (SSSR count). The lowest BCUT2D eigenvalue weighted by Gasteiger charge is -2.28. The van der Waals surface area contributed by atoms with E-state index in [1.54, 1.807) is 13.8 Å². The number of aliphatic carboxylic acids is 1. The van der Waals surface area contributed by atoms with Gasteiger partial charge in [-0.3, -0.25) is 4.79 Å². The number of carboxylic acids is 1. The van der Waals surface area contributed by atoms with Gasteiger partial charge in [0.2, 0.25) is 0 Å². The number of nitrogens with two attached hydrogens (primary N) is 1. The summed E-state index contributed by atoms with van der Waals surface area (Å²) in [5, 5.41) is 17.9. The number of hydrogen-bond donors (Lipinski definition) is 3. The number of carboxylic acid groups (broad SMARTS) is 1. The third kappa shape index (κ3) is 2.17. The Balaban J connectivity index is 4.42. The molecule has 0 unspecified atom stereocenters. The second-order valence-electron chi connectivity index (χ2n) is 3.28. The molecule has 0 aliphatic heterocycles. The van der Waals surface area contributed by atoms with E-state index in [0.29, 0.717) is 0 Å². The van der Waals surface area contributed by atoms with E-state index < -0.39 is 17.6 Å². The van der Waals surface area contributed by atoms with Crippen molar-refractivity contribution in [3.05, 3.63) is 0 Å². The maximum atomic E-state index is 10.5. The van der Waals surface area contributed by atoms with Crippen LogP contribution in [0, 0.1) is 5.92 Å². The van der Waals surface area contributed by atoms with Crippen molar-refractivity contribution in [2.24, 2.45) is 11.7 Å². The number of carbonyl (C=O) groups is 1. The predicted octanol–water partition coefficient (Wildman–Crippen LogP) is -0.195. The van der Waals surface area contributed by atoms with Gasteiger partial charge in [0.25, 0.3) is 0 Å². The highest BCUT2D eigenvalue weighted by molar-refractivity contribution is 5.78. The van der Waals surface area contributed by atoms with Crippen LogP contribution in [-0.4, -0.2) is 27.8 Å². The smallest absolute Gasteiger partial charge is 0.326 e. The summed E-state index contributed by atoms with van der Waals surface area (Å²) in [6.45, 7) is 4.75. The van der Waals surface area contributed by atoms with Gasteiger partial charge in [-0.05, 0) is 12.8 Å². The Kier molecular flexibility index (Phi) is 3.02. The van der Waals surface area contributed by atoms with E-state index in [2.05, 4.69) is 0 Å². The summed E-state index contributed by atoms with van der Waals surface area (Å²) in [5.74, 6) is -1.33. The van der Waals surface area contributed by atoms with Gasteiger partial charge < -0.3 is 15.9 Å². The largest absolute Gasteiger partial charge is 0.480 e. The van der Waals surface area contributed by atoms with Crippen LogP contribution in [0.1, 0.15) is 20.8 Å². The SMILES string of the molecule is CC(C)[C@@H](O)[C@](C)(N)C(=O)O. The molecule has 0 saturated heterocycles. The lowest BCUT2D eigenvalue weighted by atomic mass is 9.88. The maximum absolute atomic E-state index is 10.5. The third-order valence-corrected chi connectivity index (χ3v) is 1.71. The van der Waals surface area contributed by atoms with E-state index in [1.807, 2.05) is 0 Å². The molecule has 0 spiro atoms. The Bertz CT molecular complexity index is 154. The van der Waals surface area contributed by atoms with Gasteiger partial charge in [-0.1, -0.05) is 13.8 Å². The topological polar surface area (TPSA) is 83.5 Å². The van der Waals surface area contributed by atoms with Crippen molar-refractivity contribution in [2.75, 3.05) is 0 Å². The monoisotopic (exact) mass is 161 g/mol. The van der Waals surface area contributed by atoms with Gasteiger partial charge in [-0.25, -0.2) is 0 Å². The molecule has 0 saturated carbocycles. The van der Waals surface area contributed by atoms with Gasteiger partial charge in [0, 0.05) is 0 Å². The first kappa shape index (κ1) is 10.4. The van der Waals surface area contributed by atoms with Crippen molar-refractivity contribution >= 4 is 5.97 Å². The summed E-state index contributed by atoms with van der Waals surface area (Å²) < 4.78 is 0. The molecule has 66 valence electrons. The van der Waals surface area contributed by atoms with Crippen LogP contribution >= 0.6 is 0 Å². The first-order chi connectivity index (χ1) is 4.80. The summed E-state index contributed by atoms with van der Waals surface area (Å²) in [6.07, 6.45) is -1.01. The molecule has 4 heteroatoms. The number of aliphatic hydroxyl groups is 1. The lowest BCUT2D eigenvalue weighted by Crippen LogP contribution is -2.56. The van der Waals surface area contributed by atoms with Crippen molar-refractivity contribution in [1.82, 2.24) is 0 Å². The van der Waals surface area contributed by atoms with Crippen LogP contribution in [0.5, 0.6) is 0 Å². The van der Waals surface area contributed by atoms with Crippen molar-refractivity contribution in [3.8, 4) is 0 Å². The van der Waals surface area contributed by atoms with Crippen molar-refractivity contribution in [2.45, 2.75) is 32.4 Å². The fourth-order valence-electron chi connectivity index (χ4n) is 0.819. The zero-order chi connectivity index (χ0) is 9.23. The molecule has 0 aromatic rings. The molecule has 2 atom stereocenters. The van der Waals surface area contributed by atoms with Crippen LogP contribution in [-0.2, 0) is 4.79 Å². The molecule has 0 bridgehead atoms. The highest BCUT2D eigenvalue weighted by atomic mass is 16.4. The number of rotatable bonds is 3. The van der Waals surface area contributed by atoms with E-state index in [4.69, 9.17) is 10.8 Å².